The van der Waals surface area contributed by atoms with Crippen LogP contribution in [0.25, 0.3) is 10.8 Å². The maximum atomic E-state index is 12.3. The molecule has 124 valence electrons. The standard InChI is InChI=1S/C16H13NO5S2/c17-23(18,19)15-7-9-16(10-8-15)24(20,21)22-14-6-5-12-3-1-2-4-13(12)11-14/h1-11H,(H2,17,18,19). The van der Waals surface area contributed by atoms with Crippen LogP contribution < -0.4 is 9.32 Å². The van der Waals surface area contributed by atoms with E-state index in [4.69, 9.17) is 9.32 Å². The number of sulfonamides is 1. The second-order valence-electron chi connectivity index (χ2n) is 5.06. The average Bonchev–Trinajstić information content (AvgIpc) is 2.54. The normalized spacial score (nSPS) is 12.2. The van der Waals surface area contributed by atoms with E-state index in [2.05, 4.69) is 0 Å². The van der Waals surface area contributed by atoms with Gasteiger partial charge in [0.1, 0.15) is 10.6 Å². The lowest BCUT2D eigenvalue weighted by atomic mass is 10.1. The third-order valence-corrected chi connectivity index (χ3v) is 5.56. The highest BCUT2D eigenvalue weighted by molar-refractivity contribution is 7.89. The Morgan fingerprint density at radius 3 is 1.92 bits per heavy atom. The van der Waals surface area contributed by atoms with E-state index in [9.17, 15) is 16.8 Å². The molecule has 0 aromatic heterocycles. The van der Waals surface area contributed by atoms with Crippen LogP contribution >= 0.6 is 0 Å². The smallest absolute Gasteiger partial charge is 0.339 e. The molecule has 0 fully saturated rings. The lowest BCUT2D eigenvalue weighted by Crippen LogP contribution is -2.13. The number of primary sulfonamides is 1. The van der Waals surface area contributed by atoms with E-state index < -0.39 is 20.1 Å². The Morgan fingerprint density at radius 1 is 0.708 bits per heavy atom. The zero-order valence-electron chi connectivity index (χ0n) is 12.3. The molecule has 3 aromatic rings. The summed E-state index contributed by atoms with van der Waals surface area (Å²) in [6.07, 6.45) is 0. The second-order valence-corrected chi connectivity index (χ2v) is 8.17. The minimum atomic E-state index is -4.08. The fourth-order valence-electron chi connectivity index (χ4n) is 2.19. The Kier molecular flexibility index (Phi) is 4.04. The van der Waals surface area contributed by atoms with E-state index in [1.165, 1.54) is 0 Å². The lowest BCUT2D eigenvalue weighted by molar-refractivity contribution is 0.486. The summed E-state index contributed by atoms with van der Waals surface area (Å²) in [6, 6.07) is 16.9. The Bertz CT molecular complexity index is 1100. The highest BCUT2D eigenvalue weighted by atomic mass is 32.2. The molecule has 3 rings (SSSR count). The van der Waals surface area contributed by atoms with Gasteiger partial charge in [-0.15, -0.1) is 0 Å². The predicted molar refractivity (Wildman–Crippen MR) is 89.6 cm³/mol. The summed E-state index contributed by atoms with van der Waals surface area (Å²) in [5, 5.41) is 6.78. The molecule has 0 radical (unpaired) electrons. The molecule has 8 heteroatoms. The van der Waals surface area contributed by atoms with Crippen molar-refractivity contribution in [3.05, 3.63) is 66.7 Å². The minimum absolute atomic E-state index is 0.164. The van der Waals surface area contributed by atoms with Crippen molar-refractivity contribution in [1.29, 1.82) is 0 Å². The van der Waals surface area contributed by atoms with Gasteiger partial charge in [-0.05, 0) is 47.2 Å². The first-order valence-electron chi connectivity index (χ1n) is 6.82. The van der Waals surface area contributed by atoms with E-state index in [1.807, 2.05) is 24.3 Å². The van der Waals surface area contributed by atoms with Crippen LogP contribution in [0.2, 0.25) is 0 Å². The molecular formula is C16H13NO5S2. The van der Waals surface area contributed by atoms with E-state index in [-0.39, 0.29) is 15.5 Å². The SMILES string of the molecule is NS(=O)(=O)c1ccc(S(=O)(=O)Oc2ccc3ccccc3c2)cc1. The molecule has 0 bridgehead atoms. The zero-order valence-corrected chi connectivity index (χ0v) is 13.9. The molecule has 2 N–H and O–H groups in total. The quantitative estimate of drug-likeness (QED) is 0.716. The Morgan fingerprint density at radius 2 is 1.29 bits per heavy atom. The number of rotatable bonds is 4. The number of hydrogen-bond acceptors (Lipinski definition) is 5. The van der Waals surface area contributed by atoms with E-state index in [1.54, 1.807) is 18.2 Å². The van der Waals surface area contributed by atoms with Crippen molar-refractivity contribution in [2.24, 2.45) is 5.14 Å². The van der Waals surface area contributed by atoms with E-state index in [0.29, 0.717) is 0 Å². The average molecular weight is 363 g/mol. The van der Waals surface area contributed by atoms with Gasteiger partial charge in [-0.1, -0.05) is 30.3 Å². The largest absolute Gasteiger partial charge is 0.379 e. The summed E-state index contributed by atoms with van der Waals surface area (Å²) < 4.78 is 52.1. The van der Waals surface area contributed by atoms with Gasteiger partial charge in [0, 0.05) is 0 Å². The molecule has 0 saturated heterocycles. The van der Waals surface area contributed by atoms with Gasteiger partial charge in [0.15, 0.2) is 0 Å². The molecule has 3 aromatic carbocycles. The number of benzene rings is 3. The fourth-order valence-corrected chi connectivity index (χ4v) is 3.63. The summed E-state index contributed by atoms with van der Waals surface area (Å²) in [7, 11) is -7.96. The molecule has 0 heterocycles. The second kappa shape index (κ2) is 5.90. The predicted octanol–water partition coefficient (Wildman–Crippen LogP) is 2.25. The van der Waals surface area contributed by atoms with Crippen LogP contribution in [0, 0.1) is 0 Å². The van der Waals surface area contributed by atoms with Crippen molar-refractivity contribution < 1.29 is 21.0 Å². The van der Waals surface area contributed by atoms with Gasteiger partial charge in [0.25, 0.3) is 0 Å². The summed E-state index contributed by atoms with van der Waals surface area (Å²) in [4.78, 5) is -0.338. The molecule has 0 atom stereocenters. The van der Waals surface area contributed by atoms with Crippen LogP contribution in [0.5, 0.6) is 5.75 Å². The number of fused-ring (bicyclic) bond motifs is 1. The first-order valence-corrected chi connectivity index (χ1v) is 9.77. The van der Waals surface area contributed by atoms with Crippen LogP contribution in [-0.2, 0) is 20.1 Å². The Hall–Kier alpha value is -2.42. The molecule has 0 aliphatic heterocycles. The zero-order chi connectivity index (χ0) is 17.4. The van der Waals surface area contributed by atoms with E-state index in [0.717, 1.165) is 35.0 Å². The summed E-state index contributed by atoms with van der Waals surface area (Å²) >= 11 is 0. The maximum Gasteiger partial charge on any atom is 0.339 e. The van der Waals surface area contributed by atoms with Gasteiger partial charge in [0.2, 0.25) is 10.0 Å². The van der Waals surface area contributed by atoms with Crippen LogP contribution in [-0.4, -0.2) is 16.8 Å². The van der Waals surface area contributed by atoms with Crippen LogP contribution in [0.1, 0.15) is 0 Å². The summed E-state index contributed by atoms with van der Waals surface area (Å²) in [5.41, 5.74) is 0. The van der Waals surface area contributed by atoms with Crippen molar-refractivity contribution in [3.8, 4) is 5.75 Å². The third-order valence-electron chi connectivity index (χ3n) is 3.37. The maximum absolute atomic E-state index is 12.3. The van der Waals surface area contributed by atoms with Gasteiger partial charge in [-0.3, -0.25) is 0 Å². The minimum Gasteiger partial charge on any atom is -0.379 e. The molecule has 0 amide bonds. The van der Waals surface area contributed by atoms with Crippen molar-refractivity contribution in [2.45, 2.75) is 9.79 Å². The Labute approximate surface area is 139 Å². The van der Waals surface area contributed by atoms with Gasteiger partial charge < -0.3 is 4.18 Å². The van der Waals surface area contributed by atoms with Crippen LogP contribution in [0.15, 0.2) is 76.5 Å². The first-order chi connectivity index (χ1) is 11.3. The summed E-state index contributed by atoms with van der Waals surface area (Å²) in [6.45, 7) is 0. The van der Waals surface area contributed by atoms with E-state index >= 15 is 0 Å². The van der Waals surface area contributed by atoms with Crippen LogP contribution in [0.4, 0.5) is 0 Å². The molecule has 0 unspecified atom stereocenters. The van der Waals surface area contributed by atoms with Gasteiger partial charge in [-0.2, -0.15) is 8.42 Å². The fraction of sp³-hybridized carbons (Fsp3) is 0. The first kappa shape index (κ1) is 16.4. The molecule has 0 aliphatic carbocycles. The highest BCUT2D eigenvalue weighted by Crippen LogP contribution is 2.24. The van der Waals surface area contributed by atoms with Crippen molar-refractivity contribution >= 4 is 30.9 Å². The topological polar surface area (TPSA) is 104 Å². The Balaban J connectivity index is 1.92. The van der Waals surface area contributed by atoms with Crippen molar-refractivity contribution in [3.63, 3.8) is 0 Å². The molecule has 0 aliphatic rings. The number of hydrogen-bond donors (Lipinski definition) is 1. The van der Waals surface area contributed by atoms with Crippen molar-refractivity contribution in [2.75, 3.05) is 0 Å². The van der Waals surface area contributed by atoms with Gasteiger partial charge in [-0.25, -0.2) is 13.6 Å². The lowest BCUT2D eigenvalue weighted by Gasteiger charge is -2.08. The molecule has 24 heavy (non-hydrogen) atoms. The summed E-state index contributed by atoms with van der Waals surface area (Å²) in [5.74, 6) is 0.171. The molecule has 0 spiro atoms. The third kappa shape index (κ3) is 3.40. The van der Waals surface area contributed by atoms with Gasteiger partial charge in [0.05, 0.1) is 4.90 Å². The van der Waals surface area contributed by atoms with Crippen LogP contribution in [0.3, 0.4) is 0 Å². The molecule has 6 nitrogen and oxygen atoms in total. The highest BCUT2D eigenvalue weighted by Gasteiger charge is 2.18. The van der Waals surface area contributed by atoms with Gasteiger partial charge >= 0.3 is 10.1 Å². The molecule has 0 saturated carbocycles. The monoisotopic (exact) mass is 363 g/mol. The van der Waals surface area contributed by atoms with Crippen molar-refractivity contribution in [1.82, 2.24) is 0 Å². The molecular weight excluding hydrogens is 350 g/mol. The number of nitrogens with two attached hydrogens (primary N) is 1.